The summed E-state index contributed by atoms with van der Waals surface area (Å²) in [6.07, 6.45) is 19.4. The molecule has 0 unspecified atom stereocenters. The third-order valence-corrected chi connectivity index (χ3v) is 8.65. The zero-order valence-electron chi connectivity index (χ0n) is 26.2. The second kappa shape index (κ2) is 13.6. The molecule has 6 aromatic rings. The number of hydrogen-bond acceptors (Lipinski definition) is 10. The molecule has 2 aliphatic heterocycles. The van der Waals surface area contributed by atoms with Crippen LogP contribution in [-0.4, -0.2) is 76.0 Å². The average molecular weight is 617 g/mol. The van der Waals surface area contributed by atoms with Gasteiger partial charge in [-0.3, -0.25) is 18.8 Å². The monoisotopic (exact) mass is 616 g/mol. The first kappa shape index (κ1) is 29.8. The molecule has 0 spiro atoms. The first-order valence-corrected chi connectivity index (χ1v) is 16.1. The molecular weight excluding hydrogens is 576 g/mol. The maximum absolute atomic E-state index is 4.72. The minimum absolute atomic E-state index is 0.401. The zero-order chi connectivity index (χ0) is 31.3. The van der Waals surface area contributed by atoms with Gasteiger partial charge in [0.05, 0.1) is 48.6 Å². The van der Waals surface area contributed by atoms with E-state index in [1.54, 1.807) is 24.8 Å². The van der Waals surface area contributed by atoms with E-state index in [4.69, 9.17) is 9.97 Å². The summed E-state index contributed by atoms with van der Waals surface area (Å²) in [5.74, 6) is 1.63. The molecule has 0 saturated carbocycles. The third-order valence-electron chi connectivity index (χ3n) is 8.65. The second-order valence-corrected chi connectivity index (χ2v) is 12.2. The summed E-state index contributed by atoms with van der Waals surface area (Å²) in [5, 5.41) is 14.0. The van der Waals surface area contributed by atoms with E-state index in [0.29, 0.717) is 24.2 Å². The molecule has 8 rings (SSSR count). The predicted molar refractivity (Wildman–Crippen MR) is 181 cm³/mol. The molecule has 0 aliphatic carbocycles. The van der Waals surface area contributed by atoms with E-state index >= 15 is 0 Å². The lowest BCUT2D eigenvalue weighted by Crippen LogP contribution is -2.43. The summed E-state index contributed by atoms with van der Waals surface area (Å²) in [7, 11) is 0. The molecule has 0 radical (unpaired) electrons. The molecule has 0 bridgehead atoms. The molecule has 8 heterocycles. The molecular formula is C34H40N12. The maximum atomic E-state index is 4.72. The molecule has 12 heteroatoms. The van der Waals surface area contributed by atoms with Crippen LogP contribution in [0.1, 0.15) is 39.5 Å². The van der Waals surface area contributed by atoms with Crippen LogP contribution in [0.5, 0.6) is 0 Å². The van der Waals surface area contributed by atoms with Crippen molar-refractivity contribution in [1.82, 2.24) is 49.3 Å². The van der Waals surface area contributed by atoms with E-state index in [1.807, 2.05) is 70.0 Å². The van der Waals surface area contributed by atoms with E-state index < -0.39 is 0 Å². The normalized spacial score (nSPS) is 21.4. The lowest BCUT2D eigenvalue weighted by atomic mass is 10.0. The van der Waals surface area contributed by atoms with Gasteiger partial charge in [0.25, 0.3) is 0 Å². The molecule has 12 nitrogen and oxygen atoms in total. The van der Waals surface area contributed by atoms with Gasteiger partial charge in [-0.05, 0) is 63.8 Å². The van der Waals surface area contributed by atoms with E-state index in [-0.39, 0.29) is 0 Å². The fraction of sp³-hybridized carbons (Fsp3) is 0.353. The number of imidazole rings is 2. The Bertz CT molecular complexity index is 1740. The molecule has 46 heavy (non-hydrogen) atoms. The van der Waals surface area contributed by atoms with Gasteiger partial charge < -0.3 is 21.3 Å². The van der Waals surface area contributed by atoms with Crippen LogP contribution in [0.25, 0.3) is 34.1 Å². The quantitative estimate of drug-likeness (QED) is 0.209. The molecule has 0 amide bonds. The number of nitrogens with zero attached hydrogens (tertiary/aromatic N) is 8. The minimum atomic E-state index is 0.401. The van der Waals surface area contributed by atoms with Crippen molar-refractivity contribution in [2.75, 3.05) is 23.7 Å². The van der Waals surface area contributed by atoms with Crippen molar-refractivity contribution in [1.29, 1.82) is 0 Å². The van der Waals surface area contributed by atoms with E-state index in [9.17, 15) is 0 Å². The molecule has 6 aromatic heterocycles. The molecule has 4 N–H and O–H groups in total. The second-order valence-electron chi connectivity index (χ2n) is 12.2. The van der Waals surface area contributed by atoms with Crippen LogP contribution in [0.2, 0.25) is 0 Å². The van der Waals surface area contributed by atoms with Gasteiger partial charge in [0.2, 0.25) is 0 Å². The Hall–Kier alpha value is -4.94. The summed E-state index contributed by atoms with van der Waals surface area (Å²) in [6, 6.07) is 13.9. The minimum Gasteiger partial charge on any atom is -0.365 e. The highest BCUT2D eigenvalue weighted by atomic mass is 15.1. The van der Waals surface area contributed by atoms with Crippen molar-refractivity contribution >= 4 is 22.9 Å². The largest absolute Gasteiger partial charge is 0.365 e. The number of hydrogen-bond donors (Lipinski definition) is 4. The van der Waals surface area contributed by atoms with Crippen molar-refractivity contribution in [2.24, 2.45) is 0 Å². The third kappa shape index (κ3) is 6.82. The highest BCUT2D eigenvalue weighted by molar-refractivity contribution is 5.61. The van der Waals surface area contributed by atoms with E-state index in [2.05, 4.69) is 55.1 Å². The summed E-state index contributed by atoms with van der Waals surface area (Å²) >= 11 is 0. The lowest BCUT2D eigenvalue weighted by Gasteiger charge is -2.28. The standard InChI is InChI=1S/2C17H20N6/c2*1-12-5-6-13(8-19-12)21-16-11-18-9-14(22-16)15-10-20-17-4-2-3-7-23(15)17/h2*2-4,7,9-13,19H,5-6,8H2,1H3,(H,21,22)/t12-,13+;12-,13-/m01/s1. The Balaban J connectivity index is 0.000000147. The summed E-state index contributed by atoms with van der Waals surface area (Å²) < 4.78 is 4.05. The fourth-order valence-corrected chi connectivity index (χ4v) is 6.02. The first-order chi connectivity index (χ1) is 22.6. The molecule has 4 atom stereocenters. The van der Waals surface area contributed by atoms with Crippen molar-refractivity contribution < 1.29 is 0 Å². The van der Waals surface area contributed by atoms with Crippen LogP contribution in [0.15, 0.2) is 86.0 Å². The van der Waals surface area contributed by atoms with Gasteiger partial charge in [-0.2, -0.15) is 0 Å². The Kier molecular flexibility index (Phi) is 8.79. The van der Waals surface area contributed by atoms with Gasteiger partial charge >= 0.3 is 0 Å². The van der Waals surface area contributed by atoms with E-state index in [0.717, 1.165) is 71.6 Å². The lowest BCUT2D eigenvalue weighted by molar-refractivity contribution is 0.398. The van der Waals surface area contributed by atoms with Crippen molar-refractivity contribution in [3.8, 4) is 22.8 Å². The zero-order valence-corrected chi connectivity index (χ0v) is 26.2. The molecule has 236 valence electrons. The van der Waals surface area contributed by atoms with Crippen LogP contribution < -0.4 is 21.3 Å². The smallest absolute Gasteiger partial charge is 0.145 e. The number of rotatable bonds is 6. The number of aromatic nitrogens is 8. The Morgan fingerprint density at radius 1 is 0.609 bits per heavy atom. The summed E-state index contributed by atoms with van der Waals surface area (Å²) in [6.45, 7) is 6.37. The molecule has 2 saturated heterocycles. The van der Waals surface area contributed by atoms with Crippen LogP contribution >= 0.6 is 0 Å². The number of anilines is 2. The van der Waals surface area contributed by atoms with Gasteiger partial charge in [0, 0.05) is 49.7 Å². The topological polar surface area (TPSA) is 134 Å². The van der Waals surface area contributed by atoms with Crippen LogP contribution in [0.4, 0.5) is 11.6 Å². The number of fused-ring (bicyclic) bond motifs is 2. The highest BCUT2D eigenvalue weighted by Gasteiger charge is 2.19. The Morgan fingerprint density at radius 3 is 1.52 bits per heavy atom. The van der Waals surface area contributed by atoms with E-state index in [1.165, 1.54) is 12.8 Å². The van der Waals surface area contributed by atoms with Crippen molar-refractivity contribution in [2.45, 2.75) is 63.7 Å². The summed E-state index contributed by atoms with van der Waals surface area (Å²) in [5.41, 5.74) is 5.37. The van der Waals surface area contributed by atoms with Gasteiger partial charge in [0.1, 0.15) is 34.3 Å². The van der Waals surface area contributed by atoms with Crippen LogP contribution in [0, 0.1) is 0 Å². The average Bonchev–Trinajstić information content (AvgIpc) is 3.73. The van der Waals surface area contributed by atoms with Gasteiger partial charge in [-0.1, -0.05) is 12.1 Å². The summed E-state index contributed by atoms with van der Waals surface area (Å²) in [4.78, 5) is 26.9. The fourth-order valence-electron chi connectivity index (χ4n) is 6.02. The molecule has 2 aliphatic rings. The number of piperidine rings is 2. The highest BCUT2D eigenvalue weighted by Crippen LogP contribution is 2.22. The number of pyridine rings is 2. The van der Waals surface area contributed by atoms with Gasteiger partial charge in [0.15, 0.2) is 0 Å². The van der Waals surface area contributed by atoms with Crippen molar-refractivity contribution in [3.63, 3.8) is 0 Å². The Morgan fingerprint density at radius 2 is 1.09 bits per heavy atom. The SMILES string of the molecule is C[C@@H]1CC[C@@H](Nc2cncc(-c3cnc4ccccn34)n2)CN1.C[C@H]1CC[C@@H](Nc2cncc(-c3cnc4ccccn34)n2)CN1. The number of nitrogens with one attached hydrogen (secondary N) is 4. The Labute approximate surface area is 268 Å². The molecule has 2 fully saturated rings. The van der Waals surface area contributed by atoms with Crippen LogP contribution in [0.3, 0.4) is 0 Å². The van der Waals surface area contributed by atoms with Gasteiger partial charge in [-0.25, -0.2) is 19.9 Å². The first-order valence-electron chi connectivity index (χ1n) is 16.1. The molecule has 0 aromatic carbocycles. The van der Waals surface area contributed by atoms with Crippen LogP contribution in [-0.2, 0) is 0 Å². The van der Waals surface area contributed by atoms with Crippen molar-refractivity contribution in [3.05, 3.63) is 86.0 Å². The maximum Gasteiger partial charge on any atom is 0.145 e. The van der Waals surface area contributed by atoms with Gasteiger partial charge in [-0.15, -0.1) is 0 Å². The predicted octanol–water partition coefficient (Wildman–Crippen LogP) is 4.69.